The lowest BCUT2D eigenvalue weighted by Gasteiger charge is -2.32. The number of rotatable bonds is 6. The van der Waals surface area contributed by atoms with Crippen molar-refractivity contribution in [3.8, 4) is 5.75 Å². The van der Waals surface area contributed by atoms with Gasteiger partial charge in [-0.3, -0.25) is 0 Å². The van der Waals surface area contributed by atoms with Crippen LogP contribution in [-0.4, -0.2) is 32.4 Å². The molecule has 1 aliphatic rings. The van der Waals surface area contributed by atoms with Crippen molar-refractivity contribution in [3.05, 3.63) is 59.7 Å². The van der Waals surface area contributed by atoms with Gasteiger partial charge in [-0.05, 0) is 60.8 Å². The summed E-state index contributed by atoms with van der Waals surface area (Å²) in [6, 6.07) is 16.0. The van der Waals surface area contributed by atoms with Gasteiger partial charge < -0.3 is 4.74 Å². The second-order valence-corrected chi connectivity index (χ2v) is 10.8. The van der Waals surface area contributed by atoms with E-state index in [9.17, 15) is 8.42 Å². The number of piperidine rings is 1. The summed E-state index contributed by atoms with van der Waals surface area (Å²) in [4.78, 5) is 0.299. The van der Waals surface area contributed by atoms with Crippen molar-refractivity contribution in [2.45, 2.75) is 57.3 Å². The van der Waals surface area contributed by atoms with E-state index in [0.717, 1.165) is 24.8 Å². The van der Waals surface area contributed by atoms with Crippen LogP contribution in [0.5, 0.6) is 5.75 Å². The third kappa shape index (κ3) is 5.20. The fourth-order valence-electron chi connectivity index (χ4n) is 3.89. The van der Waals surface area contributed by atoms with E-state index in [1.807, 2.05) is 19.1 Å². The molecule has 0 aromatic heterocycles. The van der Waals surface area contributed by atoms with E-state index in [1.165, 1.54) is 5.56 Å². The Morgan fingerprint density at radius 3 is 2.28 bits per heavy atom. The maximum Gasteiger partial charge on any atom is 0.246 e. The first-order chi connectivity index (χ1) is 13.7. The Hall–Kier alpha value is -1.85. The molecular formula is C24H33NO3S. The maximum absolute atomic E-state index is 13.5. The topological polar surface area (TPSA) is 46.6 Å². The van der Waals surface area contributed by atoms with Crippen molar-refractivity contribution in [1.29, 1.82) is 0 Å². The van der Waals surface area contributed by atoms with E-state index >= 15 is 0 Å². The smallest absolute Gasteiger partial charge is 0.246 e. The molecule has 0 atom stereocenters. The van der Waals surface area contributed by atoms with Gasteiger partial charge in [0.25, 0.3) is 0 Å². The lowest BCUT2D eigenvalue weighted by Crippen LogP contribution is -2.39. The first kappa shape index (κ1) is 21.8. The first-order valence-corrected chi connectivity index (χ1v) is 12.0. The number of nitrogens with zero attached hydrogens (tertiary/aromatic N) is 1. The Morgan fingerprint density at radius 1 is 1.03 bits per heavy atom. The van der Waals surface area contributed by atoms with E-state index in [0.29, 0.717) is 36.3 Å². The minimum absolute atomic E-state index is 0.127. The van der Waals surface area contributed by atoms with Crippen LogP contribution in [0.25, 0.3) is 0 Å². The van der Waals surface area contributed by atoms with E-state index in [-0.39, 0.29) is 5.41 Å². The molecule has 1 saturated heterocycles. The summed E-state index contributed by atoms with van der Waals surface area (Å²) in [6.07, 6.45) is 2.78. The van der Waals surface area contributed by atoms with Gasteiger partial charge in [-0.1, -0.05) is 57.2 Å². The second-order valence-electron chi connectivity index (χ2n) is 8.88. The average Bonchev–Trinajstić information content (AvgIpc) is 2.69. The van der Waals surface area contributed by atoms with Crippen LogP contribution < -0.4 is 4.74 Å². The van der Waals surface area contributed by atoms with Gasteiger partial charge in [0.1, 0.15) is 10.6 Å². The Morgan fingerprint density at radius 2 is 1.69 bits per heavy atom. The van der Waals surface area contributed by atoms with Crippen LogP contribution in [0.3, 0.4) is 0 Å². The molecule has 1 fully saturated rings. The molecule has 5 heteroatoms. The van der Waals surface area contributed by atoms with Gasteiger partial charge >= 0.3 is 0 Å². The SMILES string of the molecule is CCOc1ccc(C(C)(C)C)cc1S(=O)(=O)N1CCC(Cc2ccccc2)CC1. The van der Waals surface area contributed by atoms with Gasteiger partial charge in [-0.2, -0.15) is 4.31 Å². The van der Waals surface area contributed by atoms with Crippen LogP contribution in [0.2, 0.25) is 0 Å². The molecule has 2 aromatic carbocycles. The minimum atomic E-state index is -3.59. The molecule has 0 aliphatic carbocycles. The number of benzene rings is 2. The summed E-state index contributed by atoms with van der Waals surface area (Å²) in [5, 5.41) is 0. The summed E-state index contributed by atoms with van der Waals surface area (Å²) in [6.45, 7) is 9.71. The van der Waals surface area contributed by atoms with E-state index in [1.54, 1.807) is 16.4 Å². The predicted octanol–water partition coefficient (Wildman–Crippen LogP) is 5.03. The first-order valence-electron chi connectivity index (χ1n) is 10.5. The van der Waals surface area contributed by atoms with Crippen molar-refractivity contribution in [2.24, 2.45) is 5.92 Å². The average molecular weight is 416 g/mol. The van der Waals surface area contributed by atoms with Gasteiger partial charge in [0.15, 0.2) is 0 Å². The van der Waals surface area contributed by atoms with Gasteiger partial charge in [0, 0.05) is 13.1 Å². The van der Waals surface area contributed by atoms with Crippen LogP contribution in [0.4, 0.5) is 0 Å². The lowest BCUT2D eigenvalue weighted by atomic mass is 9.87. The normalized spacial score (nSPS) is 16.7. The molecule has 0 unspecified atom stereocenters. The molecule has 29 heavy (non-hydrogen) atoms. The molecular weight excluding hydrogens is 382 g/mol. The zero-order valence-corrected chi connectivity index (χ0v) is 18.8. The number of sulfonamides is 1. The van der Waals surface area contributed by atoms with E-state index < -0.39 is 10.0 Å². The molecule has 0 saturated carbocycles. The van der Waals surface area contributed by atoms with Crippen molar-refractivity contribution in [3.63, 3.8) is 0 Å². The highest BCUT2D eigenvalue weighted by atomic mass is 32.2. The van der Waals surface area contributed by atoms with Gasteiger partial charge in [-0.25, -0.2) is 8.42 Å². The molecule has 2 aromatic rings. The van der Waals surface area contributed by atoms with Crippen LogP contribution >= 0.6 is 0 Å². The van der Waals surface area contributed by atoms with Gasteiger partial charge in [-0.15, -0.1) is 0 Å². The highest BCUT2D eigenvalue weighted by molar-refractivity contribution is 7.89. The molecule has 0 radical (unpaired) electrons. The molecule has 0 spiro atoms. The number of hydrogen-bond acceptors (Lipinski definition) is 3. The highest BCUT2D eigenvalue weighted by Crippen LogP contribution is 2.34. The minimum Gasteiger partial charge on any atom is -0.492 e. The van der Waals surface area contributed by atoms with Crippen LogP contribution in [0, 0.1) is 5.92 Å². The Bertz CT molecular complexity index is 909. The summed E-state index contributed by atoms with van der Waals surface area (Å²) in [7, 11) is -3.59. The summed E-state index contributed by atoms with van der Waals surface area (Å²) >= 11 is 0. The second kappa shape index (κ2) is 8.88. The lowest BCUT2D eigenvalue weighted by molar-refractivity contribution is 0.271. The van der Waals surface area contributed by atoms with Gasteiger partial charge in [0.05, 0.1) is 6.61 Å². The number of hydrogen-bond donors (Lipinski definition) is 0. The maximum atomic E-state index is 13.5. The van der Waals surface area contributed by atoms with Crippen LogP contribution in [0.1, 0.15) is 51.7 Å². The van der Waals surface area contributed by atoms with Crippen LogP contribution in [-0.2, 0) is 21.9 Å². The van der Waals surface area contributed by atoms with E-state index in [2.05, 4.69) is 45.0 Å². The predicted molar refractivity (Wildman–Crippen MR) is 118 cm³/mol. The van der Waals surface area contributed by atoms with E-state index in [4.69, 9.17) is 4.74 Å². The fraction of sp³-hybridized carbons (Fsp3) is 0.500. The third-order valence-electron chi connectivity index (χ3n) is 5.67. The highest BCUT2D eigenvalue weighted by Gasteiger charge is 2.32. The standard InChI is InChI=1S/C24H33NO3S/c1-5-28-22-12-11-21(24(2,3)4)18-23(22)29(26,27)25-15-13-20(14-16-25)17-19-9-7-6-8-10-19/h6-12,18,20H,5,13-17H2,1-4H3. The fourth-order valence-corrected chi connectivity index (χ4v) is 5.52. The molecule has 4 nitrogen and oxygen atoms in total. The molecule has 0 N–H and O–H groups in total. The third-order valence-corrected chi connectivity index (χ3v) is 7.59. The monoisotopic (exact) mass is 415 g/mol. The summed E-state index contributed by atoms with van der Waals surface area (Å²) < 4.78 is 34.3. The van der Waals surface area contributed by atoms with Crippen molar-refractivity contribution >= 4 is 10.0 Å². The Labute approximate surface area is 175 Å². The van der Waals surface area contributed by atoms with Crippen LogP contribution in [0.15, 0.2) is 53.4 Å². The molecule has 0 bridgehead atoms. The Kier molecular flexibility index (Phi) is 6.69. The zero-order chi connectivity index (χ0) is 21.1. The quantitative estimate of drug-likeness (QED) is 0.665. The summed E-state index contributed by atoms with van der Waals surface area (Å²) in [5.74, 6) is 0.975. The molecule has 0 amide bonds. The number of ether oxygens (including phenoxy) is 1. The molecule has 3 rings (SSSR count). The van der Waals surface area contributed by atoms with Crippen molar-refractivity contribution in [2.75, 3.05) is 19.7 Å². The van der Waals surface area contributed by atoms with Gasteiger partial charge in [0.2, 0.25) is 10.0 Å². The molecule has 1 heterocycles. The summed E-state index contributed by atoms with van der Waals surface area (Å²) in [5.41, 5.74) is 2.20. The Balaban J connectivity index is 1.78. The molecule has 158 valence electrons. The molecule has 1 aliphatic heterocycles. The zero-order valence-electron chi connectivity index (χ0n) is 18.0. The van der Waals surface area contributed by atoms with Crippen molar-refractivity contribution in [1.82, 2.24) is 4.31 Å². The largest absolute Gasteiger partial charge is 0.492 e. The van der Waals surface area contributed by atoms with Crippen molar-refractivity contribution < 1.29 is 13.2 Å².